The van der Waals surface area contributed by atoms with Crippen molar-refractivity contribution in [2.75, 3.05) is 10.8 Å². The number of carbonyl (C=O) groups is 1. The number of hydrogen-bond donors (Lipinski definition) is 1. The van der Waals surface area contributed by atoms with Gasteiger partial charge in [0, 0.05) is 37.7 Å². The number of hydrogen-bond acceptors (Lipinski definition) is 4. The molecule has 4 aromatic rings. The van der Waals surface area contributed by atoms with E-state index in [1.807, 2.05) is 24.5 Å². The molecule has 196 valence electrons. The molecule has 0 fully saturated rings. The van der Waals surface area contributed by atoms with E-state index in [9.17, 15) is 13.2 Å². The molecule has 0 aliphatic carbocycles. The molecule has 1 N–H and O–H groups in total. The van der Waals surface area contributed by atoms with Gasteiger partial charge in [-0.25, -0.2) is 13.8 Å². The van der Waals surface area contributed by atoms with E-state index in [4.69, 9.17) is 34.8 Å². The second-order valence-corrected chi connectivity index (χ2v) is 11.6. The second kappa shape index (κ2) is 11.6. The van der Waals surface area contributed by atoms with Crippen molar-refractivity contribution in [3.63, 3.8) is 0 Å². The summed E-state index contributed by atoms with van der Waals surface area (Å²) in [7, 11) is -4.03. The number of aryl methyl sites for hydroxylation is 1. The Morgan fingerprint density at radius 2 is 1.55 bits per heavy atom. The highest BCUT2D eigenvalue weighted by atomic mass is 35.5. The number of rotatable bonds is 8. The van der Waals surface area contributed by atoms with E-state index in [1.165, 1.54) is 30.5 Å². The molecule has 0 saturated heterocycles. The van der Waals surface area contributed by atoms with E-state index in [2.05, 4.69) is 10.5 Å². The van der Waals surface area contributed by atoms with Crippen LogP contribution in [0.2, 0.25) is 15.1 Å². The Morgan fingerprint density at radius 1 is 0.921 bits per heavy atom. The molecule has 0 spiro atoms. The first-order chi connectivity index (χ1) is 18.1. The molecule has 0 bridgehead atoms. The van der Waals surface area contributed by atoms with Gasteiger partial charge in [-0.15, -0.1) is 0 Å². The summed E-state index contributed by atoms with van der Waals surface area (Å²) in [6.45, 7) is 3.34. The van der Waals surface area contributed by atoms with Crippen LogP contribution in [0.4, 0.5) is 5.69 Å². The van der Waals surface area contributed by atoms with Gasteiger partial charge in [-0.05, 0) is 74.5 Å². The lowest BCUT2D eigenvalue weighted by molar-refractivity contribution is -0.119. The highest BCUT2D eigenvalue weighted by Crippen LogP contribution is 2.27. The quantitative estimate of drug-likeness (QED) is 0.191. The Bertz CT molecular complexity index is 1580. The number of benzene rings is 3. The van der Waals surface area contributed by atoms with Crippen molar-refractivity contribution in [1.29, 1.82) is 0 Å². The average Bonchev–Trinajstić information content (AvgIpc) is 3.15. The van der Waals surface area contributed by atoms with Crippen molar-refractivity contribution >= 4 is 62.6 Å². The Labute approximate surface area is 236 Å². The van der Waals surface area contributed by atoms with Crippen molar-refractivity contribution in [3.05, 3.63) is 111 Å². The minimum atomic E-state index is -4.03. The van der Waals surface area contributed by atoms with Gasteiger partial charge in [0.25, 0.3) is 15.9 Å². The first-order valence-corrected chi connectivity index (χ1v) is 13.9. The molecule has 0 aliphatic heterocycles. The lowest BCUT2D eigenvalue weighted by Gasteiger charge is -2.23. The standard InChI is InChI=1S/C27H23Cl3N4O3S/c1-18-12-20(19(2)34(18)25-14-22(29)13-23(30)15-25)16-31-32-27(35)17-33(24-10-8-21(28)9-11-24)38(36,37)26-6-4-3-5-7-26/h3-16H,17H2,1-2H3,(H,32,35)/b31-16-. The molecule has 0 unspecified atom stereocenters. The summed E-state index contributed by atoms with van der Waals surface area (Å²) in [4.78, 5) is 12.9. The van der Waals surface area contributed by atoms with Crippen LogP contribution in [0.5, 0.6) is 0 Å². The minimum absolute atomic E-state index is 0.0554. The number of halogens is 3. The zero-order valence-electron chi connectivity index (χ0n) is 20.4. The highest BCUT2D eigenvalue weighted by Gasteiger charge is 2.27. The summed E-state index contributed by atoms with van der Waals surface area (Å²) in [5, 5.41) is 5.54. The summed E-state index contributed by atoms with van der Waals surface area (Å²) in [5.41, 5.74) is 6.04. The Balaban J connectivity index is 1.55. The fraction of sp³-hybridized carbons (Fsp3) is 0.111. The van der Waals surface area contributed by atoms with Gasteiger partial charge in [-0.1, -0.05) is 53.0 Å². The van der Waals surface area contributed by atoms with Crippen LogP contribution in [-0.4, -0.2) is 31.7 Å². The summed E-state index contributed by atoms with van der Waals surface area (Å²) >= 11 is 18.3. The SMILES string of the molecule is Cc1cc(/C=N\NC(=O)CN(c2ccc(Cl)cc2)S(=O)(=O)c2ccccc2)c(C)n1-c1cc(Cl)cc(Cl)c1. The molecule has 11 heteroatoms. The highest BCUT2D eigenvalue weighted by molar-refractivity contribution is 7.92. The van der Waals surface area contributed by atoms with Crippen LogP contribution in [0.1, 0.15) is 17.0 Å². The van der Waals surface area contributed by atoms with Crippen LogP contribution in [0, 0.1) is 13.8 Å². The monoisotopic (exact) mass is 588 g/mol. The van der Waals surface area contributed by atoms with E-state index in [0.717, 1.165) is 26.9 Å². The van der Waals surface area contributed by atoms with Gasteiger partial charge in [0.15, 0.2) is 0 Å². The van der Waals surface area contributed by atoms with Crippen LogP contribution in [0.15, 0.2) is 88.9 Å². The Morgan fingerprint density at radius 3 is 2.18 bits per heavy atom. The number of anilines is 1. The Hall–Kier alpha value is -3.30. The smallest absolute Gasteiger partial charge is 0.264 e. The molecule has 1 heterocycles. The van der Waals surface area contributed by atoms with Gasteiger partial charge in [-0.2, -0.15) is 5.10 Å². The molecular formula is C27H23Cl3N4O3S. The molecule has 0 atom stereocenters. The third kappa shape index (κ3) is 6.22. The molecule has 7 nitrogen and oxygen atoms in total. The summed E-state index contributed by atoms with van der Waals surface area (Å²) in [6.07, 6.45) is 1.50. The molecule has 0 radical (unpaired) electrons. The van der Waals surface area contributed by atoms with Gasteiger partial charge >= 0.3 is 0 Å². The molecule has 0 saturated carbocycles. The van der Waals surface area contributed by atoms with Crippen molar-refractivity contribution < 1.29 is 13.2 Å². The van der Waals surface area contributed by atoms with Gasteiger partial charge in [-0.3, -0.25) is 9.10 Å². The normalized spacial score (nSPS) is 11.6. The largest absolute Gasteiger partial charge is 0.318 e. The number of carbonyl (C=O) groups excluding carboxylic acids is 1. The van der Waals surface area contributed by atoms with Gasteiger partial charge < -0.3 is 4.57 Å². The maximum atomic E-state index is 13.4. The first-order valence-electron chi connectivity index (χ1n) is 11.4. The van der Waals surface area contributed by atoms with E-state index >= 15 is 0 Å². The molecule has 4 rings (SSSR count). The van der Waals surface area contributed by atoms with Crippen molar-refractivity contribution in [3.8, 4) is 5.69 Å². The molecule has 38 heavy (non-hydrogen) atoms. The fourth-order valence-electron chi connectivity index (χ4n) is 3.97. The fourth-order valence-corrected chi connectivity index (χ4v) is 6.05. The first kappa shape index (κ1) is 27.7. The van der Waals surface area contributed by atoms with Crippen LogP contribution in [0.25, 0.3) is 5.69 Å². The molecular weight excluding hydrogens is 567 g/mol. The maximum Gasteiger partial charge on any atom is 0.264 e. The van der Waals surface area contributed by atoms with E-state index in [1.54, 1.807) is 48.5 Å². The molecule has 0 aliphatic rings. The van der Waals surface area contributed by atoms with E-state index in [0.29, 0.717) is 20.8 Å². The van der Waals surface area contributed by atoms with Crippen molar-refractivity contribution in [1.82, 2.24) is 9.99 Å². The third-order valence-electron chi connectivity index (χ3n) is 5.70. The summed E-state index contributed by atoms with van der Waals surface area (Å²) in [5.74, 6) is -0.619. The predicted octanol–water partition coefficient (Wildman–Crippen LogP) is 6.40. The number of amides is 1. The number of hydrazone groups is 1. The number of aromatic nitrogens is 1. The van der Waals surface area contributed by atoms with Gasteiger partial charge in [0.05, 0.1) is 16.8 Å². The van der Waals surface area contributed by atoms with Crippen molar-refractivity contribution in [2.24, 2.45) is 5.10 Å². The Kier molecular flexibility index (Phi) is 8.47. The summed E-state index contributed by atoms with van der Waals surface area (Å²) < 4.78 is 29.7. The van der Waals surface area contributed by atoms with E-state index < -0.39 is 22.5 Å². The lowest BCUT2D eigenvalue weighted by Crippen LogP contribution is -2.39. The van der Waals surface area contributed by atoms with Crippen LogP contribution in [-0.2, 0) is 14.8 Å². The molecule has 1 aromatic heterocycles. The van der Waals surface area contributed by atoms with Gasteiger partial charge in [0.2, 0.25) is 0 Å². The van der Waals surface area contributed by atoms with Crippen molar-refractivity contribution in [2.45, 2.75) is 18.7 Å². The van der Waals surface area contributed by atoms with E-state index in [-0.39, 0.29) is 4.90 Å². The number of sulfonamides is 1. The van der Waals surface area contributed by atoms with Crippen LogP contribution >= 0.6 is 34.8 Å². The number of nitrogens with one attached hydrogen (secondary N) is 1. The third-order valence-corrected chi connectivity index (χ3v) is 8.18. The topological polar surface area (TPSA) is 83.8 Å². The second-order valence-electron chi connectivity index (χ2n) is 8.38. The molecule has 3 aromatic carbocycles. The molecule has 1 amide bonds. The number of nitrogens with zero attached hydrogens (tertiary/aromatic N) is 3. The predicted molar refractivity (Wildman–Crippen MR) is 153 cm³/mol. The zero-order valence-corrected chi connectivity index (χ0v) is 23.5. The summed E-state index contributed by atoms with van der Waals surface area (Å²) in [6, 6.07) is 21.2. The maximum absolute atomic E-state index is 13.4. The average molecular weight is 590 g/mol. The van der Waals surface area contributed by atoms with Gasteiger partial charge in [0.1, 0.15) is 6.54 Å². The van der Waals surface area contributed by atoms with Crippen LogP contribution < -0.4 is 9.73 Å². The zero-order chi connectivity index (χ0) is 27.4. The lowest BCUT2D eigenvalue weighted by atomic mass is 10.2. The van der Waals surface area contributed by atoms with Crippen LogP contribution in [0.3, 0.4) is 0 Å². The minimum Gasteiger partial charge on any atom is -0.318 e.